The molecule has 0 radical (unpaired) electrons. The molecule has 0 bridgehead atoms. The van der Waals surface area contributed by atoms with E-state index in [9.17, 15) is 0 Å². The summed E-state index contributed by atoms with van der Waals surface area (Å²) in [6.07, 6.45) is 5.10. The van der Waals surface area contributed by atoms with Crippen LogP contribution >= 0.6 is 0 Å². The predicted molar refractivity (Wildman–Crippen MR) is 104 cm³/mol. The molecule has 24 heavy (non-hydrogen) atoms. The average Bonchev–Trinajstić information content (AvgIpc) is 2.92. The number of ether oxygens (including phenoxy) is 1. The molecule has 2 aromatic carbocycles. The van der Waals surface area contributed by atoms with E-state index in [0.717, 1.165) is 36.1 Å². The molecule has 0 saturated heterocycles. The molecule has 1 aromatic heterocycles. The van der Waals surface area contributed by atoms with Crippen molar-refractivity contribution >= 4 is 21.8 Å². The smallest absolute Gasteiger partial charge is 0.121 e. The van der Waals surface area contributed by atoms with Crippen LogP contribution in [0.25, 0.3) is 21.8 Å². The third-order valence-corrected chi connectivity index (χ3v) is 4.84. The highest BCUT2D eigenvalue weighted by Gasteiger charge is 2.06. The van der Waals surface area contributed by atoms with Crippen LogP contribution in [0.5, 0.6) is 5.75 Å². The van der Waals surface area contributed by atoms with Gasteiger partial charge in [0.05, 0.1) is 12.1 Å². The van der Waals surface area contributed by atoms with Crippen LogP contribution in [0.2, 0.25) is 0 Å². The van der Waals surface area contributed by atoms with Crippen LogP contribution in [-0.2, 0) is 0 Å². The third kappa shape index (κ3) is 4.11. The van der Waals surface area contributed by atoms with Crippen molar-refractivity contribution in [1.29, 1.82) is 0 Å². The van der Waals surface area contributed by atoms with E-state index in [2.05, 4.69) is 68.2 Å². The summed E-state index contributed by atoms with van der Waals surface area (Å²) < 4.78 is 5.99. The minimum Gasteiger partial charge on any atom is -0.494 e. The number of nitrogens with one attached hydrogen (secondary N) is 1. The van der Waals surface area contributed by atoms with Gasteiger partial charge >= 0.3 is 0 Å². The number of fused-ring (bicyclic) bond motifs is 3. The molecule has 0 aliphatic rings. The Morgan fingerprint density at radius 3 is 2.50 bits per heavy atom. The number of hydrogen-bond donors (Lipinski definition) is 1. The van der Waals surface area contributed by atoms with E-state index in [-0.39, 0.29) is 0 Å². The van der Waals surface area contributed by atoms with Gasteiger partial charge in [-0.2, -0.15) is 0 Å². The lowest BCUT2D eigenvalue weighted by Crippen LogP contribution is -2.04. The zero-order valence-electron chi connectivity index (χ0n) is 15.1. The van der Waals surface area contributed by atoms with Crippen molar-refractivity contribution in [2.45, 2.75) is 46.5 Å². The lowest BCUT2D eigenvalue weighted by molar-refractivity contribution is 0.276. The Bertz CT molecular complexity index is 787. The summed E-state index contributed by atoms with van der Waals surface area (Å²) in [4.78, 5) is 3.48. The molecular weight excluding hydrogens is 294 g/mol. The summed E-state index contributed by atoms with van der Waals surface area (Å²) in [7, 11) is 0. The van der Waals surface area contributed by atoms with Crippen molar-refractivity contribution in [2.75, 3.05) is 6.61 Å². The molecule has 1 atom stereocenters. The molecule has 2 nitrogen and oxygen atoms in total. The first kappa shape index (κ1) is 16.9. The normalized spacial score (nSPS) is 13.0. The van der Waals surface area contributed by atoms with Gasteiger partial charge in [0, 0.05) is 22.4 Å². The minimum atomic E-state index is 0.737. The molecule has 128 valence electrons. The van der Waals surface area contributed by atoms with Crippen LogP contribution in [0.3, 0.4) is 0 Å². The largest absolute Gasteiger partial charge is 0.494 e. The van der Waals surface area contributed by atoms with Gasteiger partial charge in [-0.25, -0.2) is 0 Å². The summed E-state index contributed by atoms with van der Waals surface area (Å²) >= 11 is 0. The molecule has 0 fully saturated rings. The standard InChI is InChI=1S/C22H29NO/c1-16(2)7-6-8-17(3)13-14-24-18-11-12-20-19-9-4-5-10-21(19)23-22(20)15-18/h4-5,9-12,15-17,23H,6-8,13-14H2,1-3H3. The van der Waals surface area contributed by atoms with Gasteiger partial charge in [-0.3, -0.25) is 0 Å². The Morgan fingerprint density at radius 2 is 1.67 bits per heavy atom. The number of H-pyrrole nitrogens is 1. The Balaban J connectivity index is 1.55. The number of rotatable bonds is 8. The number of benzene rings is 2. The molecule has 1 unspecified atom stereocenters. The summed E-state index contributed by atoms with van der Waals surface area (Å²) in [5.41, 5.74) is 2.34. The highest BCUT2D eigenvalue weighted by molar-refractivity contribution is 6.07. The van der Waals surface area contributed by atoms with Crippen molar-refractivity contribution in [2.24, 2.45) is 11.8 Å². The Labute approximate surface area is 145 Å². The van der Waals surface area contributed by atoms with E-state index in [0.29, 0.717) is 0 Å². The predicted octanol–water partition coefficient (Wildman–Crippen LogP) is 6.55. The van der Waals surface area contributed by atoms with Gasteiger partial charge in [-0.05, 0) is 36.5 Å². The van der Waals surface area contributed by atoms with Gasteiger partial charge in [0.15, 0.2) is 0 Å². The topological polar surface area (TPSA) is 25.0 Å². The molecular formula is C22H29NO. The number of para-hydroxylation sites is 1. The van der Waals surface area contributed by atoms with Crippen molar-refractivity contribution in [3.8, 4) is 5.75 Å². The molecule has 3 rings (SSSR count). The number of aromatic nitrogens is 1. The van der Waals surface area contributed by atoms with E-state index in [1.54, 1.807) is 0 Å². The summed E-state index contributed by atoms with van der Waals surface area (Å²) in [6, 6.07) is 14.8. The highest BCUT2D eigenvalue weighted by atomic mass is 16.5. The van der Waals surface area contributed by atoms with Crippen LogP contribution < -0.4 is 4.74 Å². The van der Waals surface area contributed by atoms with Gasteiger partial charge < -0.3 is 9.72 Å². The quantitative estimate of drug-likeness (QED) is 0.499. The van der Waals surface area contributed by atoms with Gasteiger partial charge in [-0.1, -0.05) is 58.2 Å². The van der Waals surface area contributed by atoms with E-state index in [1.807, 2.05) is 0 Å². The van der Waals surface area contributed by atoms with Crippen molar-refractivity contribution < 1.29 is 4.74 Å². The summed E-state index contributed by atoms with van der Waals surface area (Å²) in [5.74, 6) is 2.51. The SMILES string of the molecule is CC(C)CCCC(C)CCOc1ccc2c(c1)[nH]c1ccccc12. The maximum Gasteiger partial charge on any atom is 0.121 e. The van der Waals surface area contributed by atoms with Gasteiger partial charge in [0.25, 0.3) is 0 Å². The second-order valence-corrected chi connectivity index (χ2v) is 7.45. The van der Waals surface area contributed by atoms with Crippen LogP contribution in [0, 0.1) is 11.8 Å². The lowest BCUT2D eigenvalue weighted by atomic mass is 9.98. The Morgan fingerprint density at radius 1 is 0.875 bits per heavy atom. The van der Waals surface area contributed by atoms with Crippen molar-refractivity contribution in [1.82, 2.24) is 4.98 Å². The molecule has 1 N–H and O–H groups in total. The Kier molecular flexibility index (Phi) is 5.44. The third-order valence-electron chi connectivity index (χ3n) is 4.84. The van der Waals surface area contributed by atoms with Crippen LogP contribution in [0.1, 0.15) is 46.5 Å². The molecule has 1 heterocycles. The van der Waals surface area contributed by atoms with Crippen molar-refractivity contribution in [3.63, 3.8) is 0 Å². The first-order valence-corrected chi connectivity index (χ1v) is 9.26. The fourth-order valence-electron chi connectivity index (χ4n) is 3.32. The highest BCUT2D eigenvalue weighted by Crippen LogP contribution is 2.28. The first-order chi connectivity index (χ1) is 11.6. The van der Waals surface area contributed by atoms with Gasteiger partial charge in [0.1, 0.15) is 5.75 Å². The van der Waals surface area contributed by atoms with Crippen LogP contribution in [-0.4, -0.2) is 11.6 Å². The monoisotopic (exact) mass is 323 g/mol. The van der Waals surface area contributed by atoms with Crippen molar-refractivity contribution in [3.05, 3.63) is 42.5 Å². The second kappa shape index (κ2) is 7.74. The van der Waals surface area contributed by atoms with Crippen LogP contribution in [0.4, 0.5) is 0 Å². The van der Waals surface area contributed by atoms with Gasteiger partial charge in [-0.15, -0.1) is 0 Å². The average molecular weight is 323 g/mol. The maximum atomic E-state index is 5.99. The summed E-state index contributed by atoms with van der Waals surface area (Å²) in [5, 5.41) is 2.54. The lowest BCUT2D eigenvalue weighted by Gasteiger charge is -2.13. The number of aromatic amines is 1. The van der Waals surface area contributed by atoms with Gasteiger partial charge in [0.2, 0.25) is 0 Å². The van der Waals surface area contributed by atoms with E-state index in [4.69, 9.17) is 4.74 Å². The zero-order chi connectivity index (χ0) is 16.9. The molecule has 0 aliphatic heterocycles. The number of hydrogen-bond acceptors (Lipinski definition) is 1. The fourth-order valence-corrected chi connectivity index (χ4v) is 3.32. The first-order valence-electron chi connectivity index (χ1n) is 9.26. The molecule has 2 heteroatoms. The molecule has 0 spiro atoms. The Hall–Kier alpha value is -1.96. The minimum absolute atomic E-state index is 0.737. The van der Waals surface area contributed by atoms with Crippen LogP contribution in [0.15, 0.2) is 42.5 Å². The summed E-state index contributed by atoms with van der Waals surface area (Å²) in [6.45, 7) is 7.74. The maximum absolute atomic E-state index is 5.99. The molecule has 3 aromatic rings. The van der Waals surface area contributed by atoms with E-state index >= 15 is 0 Å². The second-order valence-electron chi connectivity index (χ2n) is 7.45. The van der Waals surface area contributed by atoms with E-state index in [1.165, 1.54) is 35.6 Å². The molecule has 0 saturated carbocycles. The molecule has 0 aliphatic carbocycles. The van der Waals surface area contributed by atoms with E-state index < -0.39 is 0 Å². The fraction of sp³-hybridized carbons (Fsp3) is 0.455. The zero-order valence-corrected chi connectivity index (χ0v) is 15.1. The molecule has 0 amide bonds.